The molecule has 27 heavy (non-hydrogen) atoms. The van der Waals surface area contributed by atoms with E-state index in [1.807, 2.05) is 18.2 Å². The zero-order valence-electron chi connectivity index (χ0n) is 14.6. The molecule has 0 fully saturated rings. The summed E-state index contributed by atoms with van der Waals surface area (Å²) in [5.41, 5.74) is 1.60. The first-order valence-corrected chi connectivity index (χ1v) is 8.51. The van der Waals surface area contributed by atoms with E-state index in [1.165, 1.54) is 12.3 Å². The highest BCUT2D eigenvalue weighted by Gasteiger charge is 2.15. The summed E-state index contributed by atoms with van der Waals surface area (Å²) in [6, 6.07) is 15.9. The fourth-order valence-corrected chi connectivity index (χ4v) is 2.42. The Morgan fingerprint density at radius 1 is 1.04 bits per heavy atom. The molecule has 0 aliphatic carbocycles. The van der Waals surface area contributed by atoms with E-state index >= 15 is 0 Å². The molecule has 6 nitrogen and oxygen atoms in total. The summed E-state index contributed by atoms with van der Waals surface area (Å²) >= 11 is 0. The van der Waals surface area contributed by atoms with Crippen LogP contribution >= 0.6 is 0 Å². The number of aromatic nitrogens is 1. The minimum absolute atomic E-state index is 0.116. The van der Waals surface area contributed by atoms with Gasteiger partial charge in [-0.2, -0.15) is 0 Å². The largest absolute Gasteiger partial charge is 0.465 e. The predicted molar refractivity (Wildman–Crippen MR) is 102 cm³/mol. The first kappa shape index (κ1) is 18.1. The topological polar surface area (TPSA) is 84.2 Å². The number of carbonyl (C=O) groups is 2. The molecule has 136 valence electrons. The van der Waals surface area contributed by atoms with Crippen LogP contribution in [0.3, 0.4) is 0 Å². The number of amides is 2. The number of furan rings is 1. The maximum atomic E-state index is 12.6. The molecule has 0 spiro atoms. The Morgan fingerprint density at radius 3 is 2.59 bits per heavy atom. The van der Waals surface area contributed by atoms with Crippen LogP contribution in [0.25, 0.3) is 6.08 Å². The van der Waals surface area contributed by atoms with E-state index in [0.717, 1.165) is 5.56 Å². The van der Waals surface area contributed by atoms with Crippen molar-refractivity contribution >= 4 is 17.9 Å². The van der Waals surface area contributed by atoms with Gasteiger partial charge in [0.1, 0.15) is 11.5 Å². The van der Waals surface area contributed by atoms with Crippen LogP contribution in [-0.2, 0) is 11.2 Å². The Hall–Kier alpha value is -3.67. The van der Waals surface area contributed by atoms with Crippen molar-refractivity contribution in [3.05, 3.63) is 95.8 Å². The Bertz CT molecular complexity index is 904. The van der Waals surface area contributed by atoms with Crippen molar-refractivity contribution in [1.29, 1.82) is 0 Å². The van der Waals surface area contributed by atoms with E-state index in [9.17, 15) is 9.59 Å². The molecular weight excluding hydrogens is 342 g/mol. The standard InChI is InChI=1S/C21H19N3O3/c25-20(17-7-2-1-3-8-17)24-19(14-18-9-5-13-27-18)21(26)23-12-10-16-6-4-11-22-15-16/h1-9,11,13-15H,10,12H2,(H,23,26)(H,24,25)/b19-14-. The van der Waals surface area contributed by atoms with Crippen LogP contribution in [0.2, 0.25) is 0 Å². The van der Waals surface area contributed by atoms with Gasteiger partial charge in [0, 0.05) is 30.6 Å². The van der Waals surface area contributed by atoms with Gasteiger partial charge < -0.3 is 15.1 Å². The Labute approximate surface area is 156 Å². The molecule has 0 aliphatic rings. The summed E-state index contributed by atoms with van der Waals surface area (Å²) in [4.78, 5) is 29.0. The first-order valence-electron chi connectivity index (χ1n) is 8.51. The van der Waals surface area contributed by atoms with Gasteiger partial charge in [-0.05, 0) is 42.3 Å². The highest BCUT2D eigenvalue weighted by molar-refractivity contribution is 6.05. The van der Waals surface area contributed by atoms with Crippen molar-refractivity contribution in [2.24, 2.45) is 0 Å². The maximum absolute atomic E-state index is 12.6. The molecule has 2 aromatic heterocycles. The highest BCUT2D eigenvalue weighted by atomic mass is 16.3. The molecule has 0 saturated heterocycles. The maximum Gasteiger partial charge on any atom is 0.267 e. The summed E-state index contributed by atoms with van der Waals surface area (Å²) in [6.07, 6.45) is 7.09. The Kier molecular flexibility index (Phi) is 6.14. The molecule has 6 heteroatoms. The summed E-state index contributed by atoms with van der Waals surface area (Å²) < 4.78 is 5.26. The van der Waals surface area contributed by atoms with Gasteiger partial charge in [0.05, 0.1) is 6.26 Å². The molecule has 2 heterocycles. The van der Waals surface area contributed by atoms with Crippen LogP contribution in [-0.4, -0.2) is 23.3 Å². The lowest BCUT2D eigenvalue weighted by molar-refractivity contribution is -0.117. The van der Waals surface area contributed by atoms with E-state index in [1.54, 1.807) is 48.8 Å². The highest BCUT2D eigenvalue weighted by Crippen LogP contribution is 2.08. The number of benzene rings is 1. The second-order valence-electron chi connectivity index (χ2n) is 5.76. The normalized spacial score (nSPS) is 11.0. The van der Waals surface area contributed by atoms with Gasteiger partial charge in [-0.25, -0.2) is 0 Å². The van der Waals surface area contributed by atoms with E-state index in [4.69, 9.17) is 4.42 Å². The van der Waals surface area contributed by atoms with Crippen LogP contribution in [0.4, 0.5) is 0 Å². The van der Waals surface area contributed by atoms with Gasteiger partial charge in [0.25, 0.3) is 11.8 Å². The minimum atomic E-state index is -0.389. The van der Waals surface area contributed by atoms with Crippen molar-refractivity contribution in [3.8, 4) is 0 Å². The predicted octanol–water partition coefficient (Wildman–Crippen LogP) is 2.80. The summed E-state index contributed by atoms with van der Waals surface area (Å²) in [5, 5.41) is 5.47. The number of hydrogen-bond acceptors (Lipinski definition) is 4. The number of pyridine rings is 1. The van der Waals surface area contributed by atoms with Gasteiger partial charge in [-0.1, -0.05) is 24.3 Å². The van der Waals surface area contributed by atoms with E-state index in [-0.39, 0.29) is 17.5 Å². The van der Waals surface area contributed by atoms with Gasteiger partial charge >= 0.3 is 0 Å². The summed E-state index contributed by atoms with van der Waals surface area (Å²) in [5.74, 6) is -0.281. The third-order valence-electron chi connectivity index (χ3n) is 3.78. The molecule has 0 atom stereocenters. The SMILES string of the molecule is O=C(NCCc1cccnc1)/C(=C/c1ccco1)NC(=O)c1ccccc1. The van der Waals surface area contributed by atoms with Gasteiger partial charge in [-0.15, -0.1) is 0 Å². The number of carbonyl (C=O) groups excluding carboxylic acids is 2. The van der Waals surface area contributed by atoms with E-state index in [0.29, 0.717) is 24.3 Å². The van der Waals surface area contributed by atoms with Crippen molar-refractivity contribution in [3.63, 3.8) is 0 Å². The second kappa shape index (κ2) is 9.15. The van der Waals surface area contributed by atoms with Crippen molar-refractivity contribution in [2.45, 2.75) is 6.42 Å². The van der Waals surface area contributed by atoms with Crippen LogP contribution in [0.5, 0.6) is 0 Å². The Balaban J connectivity index is 1.68. The lowest BCUT2D eigenvalue weighted by Gasteiger charge is -2.11. The molecular formula is C21H19N3O3. The molecule has 0 aliphatic heterocycles. The zero-order valence-corrected chi connectivity index (χ0v) is 14.6. The fourth-order valence-electron chi connectivity index (χ4n) is 2.42. The van der Waals surface area contributed by atoms with Gasteiger partial charge in [-0.3, -0.25) is 14.6 Å². The lowest BCUT2D eigenvalue weighted by atomic mass is 10.2. The number of nitrogens with one attached hydrogen (secondary N) is 2. The van der Waals surface area contributed by atoms with Crippen LogP contribution < -0.4 is 10.6 Å². The van der Waals surface area contributed by atoms with Gasteiger partial charge in [0.15, 0.2) is 0 Å². The molecule has 2 amide bonds. The molecule has 0 bridgehead atoms. The monoisotopic (exact) mass is 361 g/mol. The molecule has 0 saturated carbocycles. The van der Waals surface area contributed by atoms with Gasteiger partial charge in [0.2, 0.25) is 0 Å². The van der Waals surface area contributed by atoms with Crippen molar-refractivity contribution in [2.75, 3.05) is 6.54 Å². The number of rotatable bonds is 7. The lowest BCUT2D eigenvalue weighted by Crippen LogP contribution is -2.35. The molecule has 3 aromatic rings. The van der Waals surface area contributed by atoms with Crippen LogP contribution in [0.1, 0.15) is 21.7 Å². The molecule has 0 radical (unpaired) electrons. The minimum Gasteiger partial charge on any atom is -0.465 e. The fraction of sp³-hybridized carbons (Fsp3) is 0.0952. The third kappa shape index (κ3) is 5.40. The van der Waals surface area contributed by atoms with E-state index in [2.05, 4.69) is 15.6 Å². The average molecular weight is 361 g/mol. The van der Waals surface area contributed by atoms with Crippen molar-refractivity contribution in [1.82, 2.24) is 15.6 Å². The molecule has 3 rings (SSSR count). The molecule has 2 N–H and O–H groups in total. The zero-order chi connectivity index (χ0) is 18.9. The smallest absolute Gasteiger partial charge is 0.267 e. The summed E-state index contributed by atoms with van der Waals surface area (Å²) in [7, 11) is 0. The Morgan fingerprint density at radius 2 is 1.89 bits per heavy atom. The molecule has 0 unspecified atom stereocenters. The first-order chi connectivity index (χ1) is 13.2. The average Bonchev–Trinajstić information content (AvgIpc) is 3.22. The third-order valence-corrected chi connectivity index (χ3v) is 3.78. The second-order valence-corrected chi connectivity index (χ2v) is 5.76. The van der Waals surface area contributed by atoms with Crippen LogP contribution in [0.15, 0.2) is 83.4 Å². The van der Waals surface area contributed by atoms with Crippen molar-refractivity contribution < 1.29 is 14.0 Å². The van der Waals surface area contributed by atoms with E-state index < -0.39 is 0 Å². The van der Waals surface area contributed by atoms with Crippen LogP contribution in [0, 0.1) is 0 Å². The molecule has 1 aromatic carbocycles. The quantitative estimate of drug-likeness (QED) is 0.634. The summed E-state index contributed by atoms with van der Waals surface area (Å²) in [6.45, 7) is 0.418. The number of hydrogen-bond donors (Lipinski definition) is 2. The number of nitrogens with zero attached hydrogens (tertiary/aromatic N) is 1.